The number of ether oxygens (including phenoxy) is 1. The third kappa shape index (κ3) is 5.06. The van der Waals surface area contributed by atoms with E-state index in [1.165, 1.54) is 0 Å². The van der Waals surface area contributed by atoms with Crippen LogP contribution >= 0.6 is 0 Å². The number of H-pyrrole nitrogens is 1. The van der Waals surface area contributed by atoms with Crippen molar-refractivity contribution in [1.29, 1.82) is 5.26 Å². The minimum Gasteiger partial charge on any atom is -0.466 e. The van der Waals surface area contributed by atoms with Crippen LogP contribution in [0.25, 0.3) is 10.9 Å². The molecule has 0 spiro atoms. The highest BCUT2D eigenvalue weighted by Gasteiger charge is 2.16. The van der Waals surface area contributed by atoms with Gasteiger partial charge in [0.05, 0.1) is 24.7 Å². The van der Waals surface area contributed by atoms with Crippen molar-refractivity contribution >= 4 is 28.3 Å². The quantitative estimate of drug-likeness (QED) is 0.404. The SMILES string of the molecule is CCOC(=O)CCNc1ccc2[nH]c(C)c(C(=O)CCc3ccc(C#N)cc3)c2c1. The third-order valence-electron chi connectivity index (χ3n) is 4.95. The van der Waals surface area contributed by atoms with Crippen LogP contribution in [-0.2, 0) is 16.0 Å². The van der Waals surface area contributed by atoms with E-state index < -0.39 is 0 Å². The minimum atomic E-state index is -0.234. The summed E-state index contributed by atoms with van der Waals surface area (Å²) in [7, 11) is 0. The Morgan fingerprint density at radius 3 is 2.60 bits per heavy atom. The Labute approximate surface area is 175 Å². The van der Waals surface area contributed by atoms with Crippen molar-refractivity contribution in [2.75, 3.05) is 18.5 Å². The number of nitriles is 1. The summed E-state index contributed by atoms with van der Waals surface area (Å²) in [5.74, 6) is -0.158. The number of Topliss-reactive ketones (excluding diaryl/α,β-unsaturated/α-hetero) is 1. The number of benzene rings is 2. The second-order valence-corrected chi connectivity index (χ2v) is 7.10. The Morgan fingerprint density at radius 1 is 1.13 bits per heavy atom. The second-order valence-electron chi connectivity index (χ2n) is 7.10. The number of fused-ring (bicyclic) bond motifs is 1. The largest absolute Gasteiger partial charge is 0.466 e. The molecule has 0 atom stereocenters. The fourth-order valence-electron chi connectivity index (χ4n) is 3.47. The molecule has 0 aliphatic heterocycles. The summed E-state index contributed by atoms with van der Waals surface area (Å²) < 4.78 is 4.94. The summed E-state index contributed by atoms with van der Waals surface area (Å²) in [5.41, 5.74) is 4.95. The predicted molar refractivity (Wildman–Crippen MR) is 117 cm³/mol. The zero-order chi connectivity index (χ0) is 21.5. The number of rotatable bonds is 9. The molecule has 0 saturated carbocycles. The molecule has 0 aliphatic rings. The van der Waals surface area contributed by atoms with Gasteiger partial charge in [-0.3, -0.25) is 9.59 Å². The van der Waals surface area contributed by atoms with Crippen LogP contribution in [0.1, 0.15) is 46.9 Å². The number of nitrogens with zero attached hydrogens (tertiary/aromatic N) is 1. The molecular weight excluding hydrogens is 378 g/mol. The van der Waals surface area contributed by atoms with Crippen molar-refractivity contribution < 1.29 is 14.3 Å². The second kappa shape index (κ2) is 9.75. The molecule has 30 heavy (non-hydrogen) atoms. The molecule has 2 N–H and O–H groups in total. The van der Waals surface area contributed by atoms with Gasteiger partial charge in [-0.05, 0) is 56.2 Å². The van der Waals surface area contributed by atoms with Gasteiger partial charge in [-0.15, -0.1) is 0 Å². The van der Waals surface area contributed by atoms with Gasteiger partial charge in [0.25, 0.3) is 0 Å². The molecule has 154 valence electrons. The Morgan fingerprint density at radius 2 is 1.90 bits per heavy atom. The average molecular weight is 403 g/mol. The molecule has 0 unspecified atom stereocenters. The molecule has 0 amide bonds. The van der Waals surface area contributed by atoms with Crippen molar-refractivity contribution in [2.45, 2.75) is 33.1 Å². The highest BCUT2D eigenvalue weighted by molar-refractivity contribution is 6.09. The first-order valence-electron chi connectivity index (χ1n) is 10.1. The number of hydrogen-bond donors (Lipinski definition) is 2. The lowest BCUT2D eigenvalue weighted by Gasteiger charge is -2.07. The first-order chi connectivity index (χ1) is 14.5. The van der Waals surface area contributed by atoms with Crippen LogP contribution < -0.4 is 5.32 Å². The zero-order valence-corrected chi connectivity index (χ0v) is 17.2. The molecule has 0 fully saturated rings. The molecule has 6 heteroatoms. The normalized spacial score (nSPS) is 10.6. The molecule has 0 saturated heterocycles. The Bertz CT molecular complexity index is 1090. The molecule has 0 aliphatic carbocycles. The third-order valence-corrected chi connectivity index (χ3v) is 4.95. The molecule has 0 bridgehead atoms. The number of aromatic amines is 1. The number of carbonyl (C=O) groups excluding carboxylic acids is 2. The minimum absolute atomic E-state index is 0.0757. The lowest BCUT2D eigenvalue weighted by Crippen LogP contribution is -2.11. The van der Waals surface area contributed by atoms with Crippen molar-refractivity contribution in [3.8, 4) is 6.07 Å². The van der Waals surface area contributed by atoms with Gasteiger partial charge in [0.1, 0.15) is 0 Å². The predicted octanol–water partition coefficient (Wildman–Crippen LogP) is 4.53. The smallest absolute Gasteiger partial charge is 0.307 e. The lowest BCUT2D eigenvalue weighted by atomic mass is 9.99. The van der Waals surface area contributed by atoms with Crippen LogP contribution in [0.2, 0.25) is 0 Å². The van der Waals surface area contributed by atoms with E-state index in [4.69, 9.17) is 10.00 Å². The van der Waals surface area contributed by atoms with Gasteiger partial charge < -0.3 is 15.0 Å². The van der Waals surface area contributed by atoms with Gasteiger partial charge in [-0.2, -0.15) is 5.26 Å². The average Bonchev–Trinajstić information content (AvgIpc) is 3.07. The Balaban J connectivity index is 1.70. The van der Waals surface area contributed by atoms with E-state index in [-0.39, 0.29) is 18.2 Å². The fraction of sp³-hybridized carbons (Fsp3) is 0.292. The number of nitrogens with one attached hydrogen (secondary N) is 2. The van der Waals surface area contributed by atoms with E-state index in [0.717, 1.165) is 27.8 Å². The van der Waals surface area contributed by atoms with E-state index >= 15 is 0 Å². The molecular formula is C24H25N3O3. The molecule has 2 aromatic carbocycles. The summed E-state index contributed by atoms with van der Waals surface area (Å²) in [5, 5.41) is 13.0. The van der Waals surface area contributed by atoms with Gasteiger partial charge in [0.2, 0.25) is 0 Å². The summed E-state index contributed by atoms with van der Waals surface area (Å²) >= 11 is 0. The van der Waals surface area contributed by atoms with Crippen molar-refractivity contribution in [2.24, 2.45) is 0 Å². The maximum Gasteiger partial charge on any atom is 0.307 e. The number of aryl methyl sites for hydroxylation is 2. The molecule has 6 nitrogen and oxygen atoms in total. The van der Waals surface area contributed by atoms with Gasteiger partial charge in [0, 0.05) is 40.8 Å². The first-order valence-corrected chi connectivity index (χ1v) is 10.1. The number of esters is 1. The van der Waals surface area contributed by atoms with E-state index in [0.29, 0.717) is 37.1 Å². The van der Waals surface area contributed by atoms with E-state index in [9.17, 15) is 9.59 Å². The molecule has 3 aromatic rings. The van der Waals surface area contributed by atoms with Crippen LogP contribution in [0.15, 0.2) is 42.5 Å². The number of ketones is 1. The van der Waals surface area contributed by atoms with Crippen molar-refractivity contribution in [3.05, 3.63) is 64.8 Å². The van der Waals surface area contributed by atoms with Gasteiger partial charge >= 0.3 is 5.97 Å². The number of hydrogen-bond acceptors (Lipinski definition) is 5. The summed E-state index contributed by atoms with van der Waals surface area (Å²) in [4.78, 5) is 27.7. The van der Waals surface area contributed by atoms with Gasteiger partial charge in [0.15, 0.2) is 5.78 Å². The van der Waals surface area contributed by atoms with E-state index in [2.05, 4.69) is 16.4 Å². The molecule has 1 heterocycles. The summed E-state index contributed by atoms with van der Waals surface area (Å²) in [6.45, 7) is 4.53. The van der Waals surface area contributed by atoms with Crippen LogP contribution in [0.5, 0.6) is 0 Å². The monoisotopic (exact) mass is 403 g/mol. The van der Waals surface area contributed by atoms with E-state index in [1.54, 1.807) is 19.1 Å². The highest BCUT2D eigenvalue weighted by Crippen LogP contribution is 2.27. The maximum atomic E-state index is 13.0. The van der Waals surface area contributed by atoms with Crippen LogP contribution in [-0.4, -0.2) is 29.9 Å². The topological polar surface area (TPSA) is 95.0 Å². The van der Waals surface area contributed by atoms with Crippen LogP contribution in [0.4, 0.5) is 5.69 Å². The molecule has 3 rings (SSSR count). The first kappa shape index (κ1) is 21.1. The van der Waals surface area contributed by atoms with Gasteiger partial charge in [-0.1, -0.05) is 12.1 Å². The van der Waals surface area contributed by atoms with Crippen molar-refractivity contribution in [3.63, 3.8) is 0 Å². The van der Waals surface area contributed by atoms with Crippen molar-refractivity contribution in [1.82, 2.24) is 4.98 Å². The number of carbonyl (C=O) groups is 2. The summed E-state index contributed by atoms with van der Waals surface area (Å²) in [6, 6.07) is 15.2. The standard InChI is InChI=1S/C24H25N3O3/c1-3-30-23(29)12-13-26-19-9-10-21-20(14-19)24(16(2)27-21)22(28)11-8-17-4-6-18(15-25)7-5-17/h4-7,9-10,14,26-27H,3,8,11-13H2,1-2H3. The fourth-order valence-corrected chi connectivity index (χ4v) is 3.47. The zero-order valence-electron chi connectivity index (χ0n) is 17.2. The Hall–Kier alpha value is -3.59. The summed E-state index contributed by atoms with van der Waals surface area (Å²) in [6.07, 6.45) is 1.29. The van der Waals surface area contributed by atoms with Crippen LogP contribution in [0.3, 0.4) is 0 Å². The Kier molecular flexibility index (Phi) is 6.87. The number of aromatic nitrogens is 1. The van der Waals surface area contributed by atoms with Crippen LogP contribution in [0, 0.1) is 18.3 Å². The lowest BCUT2D eigenvalue weighted by molar-refractivity contribution is -0.142. The van der Waals surface area contributed by atoms with Gasteiger partial charge in [-0.25, -0.2) is 0 Å². The molecule has 1 aromatic heterocycles. The maximum absolute atomic E-state index is 13.0. The molecule has 0 radical (unpaired) electrons. The highest BCUT2D eigenvalue weighted by atomic mass is 16.5. The van der Waals surface area contributed by atoms with E-state index in [1.807, 2.05) is 37.3 Å². The number of anilines is 1.